The van der Waals surface area contributed by atoms with E-state index in [1.54, 1.807) is 4.90 Å². The van der Waals surface area contributed by atoms with Gasteiger partial charge < -0.3 is 15.3 Å². The molecule has 1 atom stereocenters. The van der Waals surface area contributed by atoms with Crippen LogP contribution < -0.4 is 5.32 Å². The van der Waals surface area contributed by atoms with Crippen LogP contribution in [0.15, 0.2) is 18.2 Å². The third-order valence-electron chi connectivity index (χ3n) is 3.23. The van der Waals surface area contributed by atoms with Crippen molar-refractivity contribution in [2.24, 2.45) is 0 Å². The summed E-state index contributed by atoms with van der Waals surface area (Å²) < 4.78 is 0. The molecule has 1 aromatic rings. The van der Waals surface area contributed by atoms with Gasteiger partial charge >= 0.3 is 0 Å². The Morgan fingerprint density at radius 3 is 2.55 bits per heavy atom. The van der Waals surface area contributed by atoms with E-state index < -0.39 is 6.10 Å². The Labute approximate surface area is 125 Å². The molecule has 0 aliphatic carbocycles. The maximum absolute atomic E-state index is 12.2. The van der Waals surface area contributed by atoms with Crippen molar-refractivity contribution in [2.75, 3.05) is 30.8 Å². The number of benzene rings is 1. The van der Waals surface area contributed by atoms with Crippen LogP contribution in [0.4, 0.5) is 5.69 Å². The van der Waals surface area contributed by atoms with E-state index in [2.05, 4.69) is 5.32 Å². The molecule has 0 aromatic heterocycles. The van der Waals surface area contributed by atoms with Crippen molar-refractivity contribution in [3.63, 3.8) is 0 Å². The minimum Gasteiger partial charge on any atom is -0.390 e. The molecule has 1 amide bonds. The number of amides is 1. The summed E-state index contributed by atoms with van der Waals surface area (Å²) in [5.74, 6) is 0.246. The van der Waals surface area contributed by atoms with Gasteiger partial charge in [0.1, 0.15) is 0 Å². The van der Waals surface area contributed by atoms with Crippen LogP contribution in [0, 0.1) is 6.92 Å². The summed E-state index contributed by atoms with van der Waals surface area (Å²) >= 11 is 5.55. The van der Waals surface area contributed by atoms with E-state index in [4.69, 9.17) is 11.6 Å². The van der Waals surface area contributed by atoms with Crippen LogP contribution in [-0.4, -0.2) is 47.5 Å². The van der Waals surface area contributed by atoms with Crippen LogP contribution in [0.3, 0.4) is 0 Å². The molecule has 0 saturated heterocycles. The Kier molecular flexibility index (Phi) is 6.82. The lowest BCUT2D eigenvalue weighted by Crippen LogP contribution is -2.30. The van der Waals surface area contributed by atoms with Gasteiger partial charge in [-0.1, -0.05) is 0 Å². The second-order valence-corrected chi connectivity index (χ2v) is 5.00. The van der Waals surface area contributed by atoms with Crippen LogP contribution in [0.2, 0.25) is 0 Å². The SMILES string of the molecule is CCN(CC)C(=O)c1ccc(NCC(O)CCl)c(C)c1. The number of anilines is 1. The highest BCUT2D eigenvalue weighted by Crippen LogP contribution is 2.18. The van der Waals surface area contributed by atoms with Gasteiger partial charge in [-0.3, -0.25) is 4.79 Å². The Morgan fingerprint density at radius 1 is 1.40 bits per heavy atom. The fourth-order valence-electron chi connectivity index (χ4n) is 1.97. The van der Waals surface area contributed by atoms with E-state index >= 15 is 0 Å². The van der Waals surface area contributed by atoms with E-state index in [9.17, 15) is 9.90 Å². The molecule has 1 rings (SSSR count). The highest BCUT2D eigenvalue weighted by atomic mass is 35.5. The van der Waals surface area contributed by atoms with Crippen LogP contribution in [-0.2, 0) is 0 Å². The quantitative estimate of drug-likeness (QED) is 0.761. The molecule has 5 heteroatoms. The lowest BCUT2D eigenvalue weighted by atomic mass is 10.1. The van der Waals surface area contributed by atoms with Crippen LogP contribution in [0.5, 0.6) is 0 Å². The maximum Gasteiger partial charge on any atom is 0.253 e. The summed E-state index contributed by atoms with van der Waals surface area (Å²) in [6, 6.07) is 5.55. The van der Waals surface area contributed by atoms with Gasteiger partial charge in [0.05, 0.1) is 12.0 Å². The zero-order chi connectivity index (χ0) is 15.1. The van der Waals surface area contributed by atoms with Gasteiger partial charge in [0.25, 0.3) is 5.91 Å². The molecule has 2 N–H and O–H groups in total. The molecule has 0 aliphatic rings. The molecule has 1 aromatic carbocycles. The molecule has 1 unspecified atom stereocenters. The Morgan fingerprint density at radius 2 is 2.05 bits per heavy atom. The number of hydrogen-bond acceptors (Lipinski definition) is 3. The first-order chi connectivity index (χ1) is 9.53. The molecule has 20 heavy (non-hydrogen) atoms. The topological polar surface area (TPSA) is 52.6 Å². The van der Waals surface area contributed by atoms with Crippen molar-refractivity contribution in [3.05, 3.63) is 29.3 Å². The number of aliphatic hydroxyl groups is 1. The molecule has 0 saturated carbocycles. The number of aliphatic hydroxyl groups excluding tert-OH is 1. The molecular formula is C15H23ClN2O2. The smallest absolute Gasteiger partial charge is 0.253 e. The number of halogens is 1. The number of alkyl halides is 1. The number of nitrogens with zero attached hydrogens (tertiary/aromatic N) is 1. The molecule has 0 radical (unpaired) electrons. The van der Waals surface area contributed by atoms with Crippen LogP contribution >= 0.6 is 11.6 Å². The second kappa shape index (κ2) is 8.12. The molecule has 112 valence electrons. The van der Waals surface area contributed by atoms with E-state index in [1.807, 2.05) is 39.0 Å². The van der Waals surface area contributed by atoms with E-state index in [0.717, 1.165) is 11.3 Å². The van der Waals surface area contributed by atoms with Gasteiger partial charge in [0.15, 0.2) is 0 Å². The molecule has 0 aliphatic heterocycles. The van der Waals surface area contributed by atoms with Gasteiger partial charge in [0.2, 0.25) is 0 Å². The monoisotopic (exact) mass is 298 g/mol. The van der Waals surface area contributed by atoms with Crippen molar-refractivity contribution >= 4 is 23.2 Å². The van der Waals surface area contributed by atoms with Crippen molar-refractivity contribution in [2.45, 2.75) is 26.9 Å². The number of nitrogens with one attached hydrogen (secondary N) is 1. The normalized spacial score (nSPS) is 12.1. The Hall–Kier alpha value is -1.26. The lowest BCUT2D eigenvalue weighted by molar-refractivity contribution is 0.0773. The second-order valence-electron chi connectivity index (χ2n) is 4.70. The van der Waals surface area contributed by atoms with Crippen molar-refractivity contribution < 1.29 is 9.90 Å². The van der Waals surface area contributed by atoms with Gasteiger partial charge in [-0.2, -0.15) is 0 Å². The Balaban J connectivity index is 2.79. The zero-order valence-electron chi connectivity index (χ0n) is 12.3. The van der Waals surface area contributed by atoms with E-state index in [-0.39, 0.29) is 11.8 Å². The summed E-state index contributed by atoms with van der Waals surface area (Å²) in [5.41, 5.74) is 2.57. The fraction of sp³-hybridized carbons (Fsp3) is 0.533. The predicted octanol–water partition coefficient (Wildman–Crippen LogP) is 2.49. The Bertz CT molecular complexity index is 447. The van der Waals surface area contributed by atoms with Gasteiger partial charge in [0, 0.05) is 30.9 Å². The summed E-state index contributed by atoms with van der Waals surface area (Å²) in [7, 11) is 0. The molecule has 0 fully saturated rings. The predicted molar refractivity (Wildman–Crippen MR) is 83.6 cm³/mol. The van der Waals surface area contributed by atoms with E-state index in [1.165, 1.54) is 0 Å². The third kappa shape index (κ3) is 4.39. The number of carbonyl (C=O) groups is 1. The van der Waals surface area contributed by atoms with Crippen LogP contribution in [0.25, 0.3) is 0 Å². The maximum atomic E-state index is 12.2. The standard InChI is InChI=1S/C15H23ClN2O2/c1-4-18(5-2)15(20)12-6-7-14(11(3)8-12)17-10-13(19)9-16/h6-8,13,17,19H,4-5,9-10H2,1-3H3. The highest BCUT2D eigenvalue weighted by molar-refractivity contribution is 6.18. The fourth-order valence-corrected chi connectivity index (χ4v) is 2.08. The number of rotatable bonds is 7. The minimum atomic E-state index is -0.576. The first-order valence-corrected chi connectivity index (χ1v) is 7.44. The average molecular weight is 299 g/mol. The third-order valence-corrected chi connectivity index (χ3v) is 3.59. The molecule has 0 spiro atoms. The van der Waals surface area contributed by atoms with Crippen LogP contribution in [0.1, 0.15) is 29.8 Å². The van der Waals surface area contributed by atoms with Gasteiger partial charge in [-0.25, -0.2) is 0 Å². The molecular weight excluding hydrogens is 276 g/mol. The van der Waals surface area contributed by atoms with E-state index in [0.29, 0.717) is 25.2 Å². The summed E-state index contributed by atoms with van der Waals surface area (Å²) in [4.78, 5) is 14.0. The van der Waals surface area contributed by atoms with Crippen molar-refractivity contribution in [3.8, 4) is 0 Å². The number of hydrogen-bond donors (Lipinski definition) is 2. The van der Waals surface area contributed by atoms with Crippen molar-refractivity contribution in [1.82, 2.24) is 4.90 Å². The van der Waals surface area contributed by atoms with Crippen molar-refractivity contribution in [1.29, 1.82) is 0 Å². The zero-order valence-corrected chi connectivity index (χ0v) is 13.1. The van der Waals surface area contributed by atoms with Gasteiger partial charge in [-0.05, 0) is 44.5 Å². The molecule has 0 bridgehead atoms. The summed E-state index contributed by atoms with van der Waals surface area (Å²) in [5, 5.41) is 12.6. The first kappa shape index (κ1) is 16.8. The number of aryl methyl sites for hydroxylation is 1. The highest BCUT2D eigenvalue weighted by Gasteiger charge is 2.13. The summed E-state index contributed by atoms with van der Waals surface area (Å²) in [6.45, 7) is 7.68. The van der Waals surface area contributed by atoms with Gasteiger partial charge in [-0.15, -0.1) is 11.6 Å². The average Bonchev–Trinajstić information content (AvgIpc) is 2.46. The lowest BCUT2D eigenvalue weighted by Gasteiger charge is -2.19. The molecule has 0 heterocycles. The summed E-state index contributed by atoms with van der Waals surface area (Å²) in [6.07, 6.45) is -0.576. The minimum absolute atomic E-state index is 0.0467. The largest absolute Gasteiger partial charge is 0.390 e. The number of carbonyl (C=O) groups excluding carboxylic acids is 1. The molecule has 4 nitrogen and oxygen atoms in total. The first-order valence-electron chi connectivity index (χ1n) is 6.91.